The van der Waals surface area contributed by atoms with E-state index in [1.807, 2.05) is 6.92 Å². The predicted octanol–water partition coefficient (Wildman–Crippen LogP) is 1.97. The number of carbonyl (C=O) groups excluding carboxylic acids is 1. The molecule has 1 saturated heterocycles. The lowest BCUT2D eigenvalue weighted by Crippen LogP contribution is -2.45. The van der Waals surface area contributed by atoms with Gasteiger partial charge < -0.3 is 9.47 Å². The van der Waals surface area contributed by atoms with Gasteiger partial charge in [-0.2, -0.15) is 0 Å². The molecule has 0 aliphatic carbocycles. The smallest absolute Gasteiger partial charge is 0.350 e. The van der Waals surface area contributed by atoms with Crippen LogP contribution in [0.1, 0.15) is 28.5 Å². The third-order valence-corrected chi connectivity index (χ3v) is 3.96. The van der Waals surface area contributed by atoms with Crippen LogP contribution in [0, 0.1) is 12.8 Å². The number of aromatic nitrogens is 1. The average molecular weight is 298 g/mol. The van der Waals surface area contributed by atoms with Crippen LogP contribution in [0.4, 0.5) is 0 Å². The first kappa shape index (κ1) is 15.4. The van der Waals surface area contributed by atoms with Gasteiger partial charge in [0.15, 0.2) is 0 Å². The van der Waals surface area contributed by atoms with Crippen molar-refractivity contribution in [2.75, 3.05) is 32.8 Å². The average Bonchev–Trinajstić information content (AvgIpc) is 2.82. The fourth-order valence-corrected chi connectivity index (χ4v) is 2.93. The topological polar surface area (TPSA) is 51.7 Å². The maximum atomic E-state index is 11.8. The second-order valence-corrected chi connectivity index (χ2v) is 6.72. The molecular formula is C14H22N2O3S. The van der Waals surface area contributed by atoms with Gasteiger partial charge in [0, 0.05) is 19.6 Å². The fourth-order valence-electron chi connectivity index (χ4n) is 2.26. The summed E-state index contributed by atoms with van der Waals surface area (Å²) >= 11 is 1.35. The minimum atomic E-state index is -0.305. The number of hydrogen-bond donors (Lipinski definition) is 0. The van der Waals surface area contributed by atoms with E-state index in [0.717, 1.165) is 24.6 Å². The van der Waals surface area contributed by atoms with Crippen molar-refractivity contribution in [3.63, 3.8) is 0 Å². The van der Waals surface area contributed by atoms with Crippen LogP contribution in [0.25, 0.3) is 0 Å². The van der Waals surface area contributed by atoms with Gasteiger partial charge in [-0.1, -0.05) is 13.8 Å². The van der Waals surface area contributed by atoms with E-state index in [4.69, 9.17) is 9.47 Å². The standard InChI is InChI=1S/C14H22N2O3S/c1-10(2)7-16-4-5-18-12(8-16)9-19-14(17)13-6-15-11(3)20-13/h6,10,12H,4-5,7-9H2,1-3H3/t12-/m0/s1. The largest absolute Gasteiger partial charge is 0.459 e. The number of thiazole rings is 1. The first-order valence-corrected chi connectivity index (χ1v) is 7.79. The van der Waals surface area contributed by atoms with Crippen LogP contribution >= 0.6 is 11.3 Å². The lowest BCUT2D eigenvalue weighted by molar-refractivity contribution is -0.0611. The number of carbonyl (C=O) groups is 1. The van der Waals surface area contributed by atoms with Crippen molar-refractivity contribution in [3.8, 4) is 0 Å². The molecule has 6 heteroatoms. The van der Waals surface area contributed by atoms with Gasteiger partial charge in [0.25, 0.3) is 0 Å². The van der Waals surface area contributed by atoms with Gasteiger partial charge in [0.05, 0.1) is 17.8 Å². The van der Waals surface area contributed by atoms with Crippen molar-refractivity contribution >= 4 is 17.3 Å². The van der Waals surface area contributed by atoms with Gasteiger partial charge in [-0.25, -0.2) is 9.78 Å². The maximum absolute atomic E-state index is 11.8. The zero-order valence-electron chi connectivity index (χ0n) is 12.3. The molecule has 2 heterocycles. The van der Waals surface area contributed by atoms with Crippen LogP contribution in [-0.4, -0.2) is 54.8 Å². The van der Waals surface area contributed by atoms with Gasteiger partial charge >= 0.3 is 5.97 Å². The van der Waals surface area contributed by atoms with Crippen molar-refractivity contribution in [1.82, 2.24) is 9.88 Å². The van der Waals surface area contributed by atoms with Crippen molar-refractivity contribution < 1.29 is 14.3 Å². The molecule has 112 valence electrons. The monoisotopic (exact) mass is 298 g/mol. The SMILES string of the molecule is Cc1ncc(C(=O)OC[C@@H]2CN(CC(C)C)CCO2)s1. The summed E-state index contributed by atoms with van der Waals surface area (Å²) in [4.78, 5) is 18.8. The molecule has 1 aliphatic heterocycles. The van der Waals surface area contributed by atoms with E-state index < -0.39 is 0 Å². The highest BCUT2D eigenvalue weighted by Gasteiger charge is 2.22. The molecular weight excluding hydrogens is 276 g/mol. The number of morpholine rings is 1. The molecule has 0 amide bonds. The molecule has 0 saturated carbocycles. The maximum Gasteiger partial charge on any atom is 0.350 e. The van der Waals surface area contributed by atoms with Gasteiger partial charge in [0.2, 0.25) is 0 Å². The number of esters is 1. The van der Waals surface area contributed by atoms with Crippen molar-refractivity contribution in [3.05, 3.63) is 16.1 Å². The zero-order valence-corrected chi connectivity index (χ0v) is 13.1. The number of aryl methyl sites for hydroxylation is 1. The Morgan fingerprint density at radius 2 is 2.45 bits per heavy atom. The van der Waals surface area contributed by atoms with Crippen LogP contribution < -0.4 is 0 Å². The Morgan fingerprint density at radius 3 is 3.10 bits per heavy atom. The summed E-state index contributed by atoms with van der Waals surface area (Å²) in [6.07, 6.45) is 1.54. The fraction of sp³-hybridized carbons (Fsp3) is 0.714. The van der Waals surface area contributed by atoms with E-state index in [1.54, 1.807) is 6.20 Å². The van der Waals surface area contributed by atoms with Gasteiger partial charge in [-0.3, -0.25) is 4.90 Å². The van der Waals surface area contributed by atoms with E-state index in [2.05, 4.69) is 23.7 Å². The second kappa shape index (κ2) is 7.15. The van der Waals surface area contributed by atoms with Crippen molar-refractivity contribution in [2.24, 2.45) is 5.92 Å². The summed E-state index contributed by atoms with van der Waals surface area (Å²) in [5.74, 6) is 0.330. The van der Waals surface area contributed by atoms with E-state index >= 15 is 0 Å². The molecule has 1 aliphatic rings. The number of rotatable bonds is 5. The molecule has 0 unspecified atom stereocenters. The highest BCUT2D eigenvalue weighted by Crippen LogP contribution is 2.14. The Hall–Kier alpha value is -0.980. The second-order valence-electron chi connectivity index (χ2n) is 5.49. The zero-order chi connectivity index (χ0) is 14.5. The molecule has 1 aromatic heterocycles. The molecule has 0 N–H and O–H groups in total. The number of hydrogen-bond acceptors (Lipinski definition) is 6. The minimum absolute atomic E-state index is 0.0273. The quantitative estimate of drug-likeness (QED) is 0.778. The molecule has 5 nitrogen and oxygen atoms in total. The van der Waals surface area contributed by atoms with E-state index in [-0.39, 0.29) is 12.1 Å². The summed E-state index contributed by atoms with van der Waals surface area (Å²) in [6, 6.07) is 0. The summed E-state index contributed by atoms with van der Waals surface area (Å²) in [6.45, 7) is 10.1. The highest BCUT2D eigenvalue weighted by atomic mass is 32.1. The van der Waals surface area contributed by atoms with E-state index in [0.29, 0.717) is 24.0 Å². The summed E-state index contributed by atoms with van der Waals surface area (Å²) in [7, 11) is 0. The van der Waals surface area contributed by atoms with Gasteiger partial charge in [-0.05, 0) is 12.8 Å². The third kappa shape index (κ3) is 4.54. The van der Waals surface area contributed by atoms with Gasteiger partial charge in [0.1, 0.15) is 17.6 Å². The van der Waals surface area contributed by atoms with Crippen LogP contribution in [0.3, 0.4) is 0 Å². The molecule has 0 bridgehead atoms. The van der Waals surface area contributed by atoms with Crippen LogP contribution in [-0.2, 0) is 9.47 Å². The van der Waals surface area contributed by atoms with Crippen molar-refractivity contribution in [1.29, 1.82) is 0 Å². The Balaban J connectivity index is 1.77. The summed E-state index contributed by atoms with van der Waals surface area (Å²) in [5, 5.41) is 0.869. The molecule has 2 rings (SSSR count). The van der Waals surface area contributed by atoms with Crippen molar-refractivity contribution in [2.45, 2.75) is 26.9 Å². The lowest BCUT2D eigenvalue weighted by Gasteiger charge is -2.33. The predicted molar refractivity (Wildman–Crippen MR) is 78.2 cm³/mol. The summed E-state index contributed by atoms with van der Waals surface area (Å²) < 4.78 is 11.0. The van der Waals surface area contributed by atoms with Crippen LogP contribution in [0.2, 0.25) is 0 Å². The van der Waals surface area contributed by atoms with Crippen LogP contribution in [0.5, 0.6) is 0 Å². The first-order chi connectivity index (χ1) is 9.54. The molecule has 0 radical (unpaired) electrons. The number of nitrogens with zero attached hydrogens (tertiary/aromatic N) is 2. The first-order valence-electron chi connectivity index (χ1n) is 6.98. The minimum Gasteiger partial charge on any atom is -0.459 e. The van der Waals surface area contributed by atoms with Gasteiger partial charge in [-0.15, -0.1) is 11.3 Å². The third-order valence-electron chi connectivity index (χ3n) is 3.07. The lowest BCUT2D eigenvalue weighted by atomic mass is 10.2. The number of ether oxygens (including phenoxy) is 2. The summed E-state index contributed by atoms with van der Waals surface area (Å²) in [5.41, 5.74) is 0. The highest BCUT2D eigenvalue weighted by molar-refractivity contribution is 7.13. The Kier molecular flexibility index (Phi) is 5.51. The Bertz CT molecular complexity index is 447. The van der Waals surface area contributed by atoms with E-state index in [1.165, 1.54) is 11.3 Å². The van der Waals surface area contributed by atoms with E-state index in [9.17, 15) is 4.79 Å². The Morgan fingerprint density at radius 1 is 1.65 bits per heavy atom. The molecule has 0 aromatic carbocycles. The molecule has 1 atom stereocenters. The molecule has 20 heavy (non-hydrogen) atoms. The normalized spacial score (nSPS) is 20.3. The molecule has 0 spiro atoms. The molecule has 1 aromatic rings. The Labute approximate surface area is 123 Å². The van der Waals surface area contributed by atoms with Crippen LogP contribution in [0.15, 0.2) is 6.20 Å². The molecule has 1 fully saturated rings.